The lowest BCUT2D eigenvalue weighted by molar-refractivity contribution is -0.121. The summed E-state index contributed by atoms with van der Waals surface area (Å²) in [6.07, 6.45) is 2.21. The minimum Gasteiger partial charge on any atom is -0.317 e. The Balaban J connectivity index is 2.28. The summed E-state index contributed by atoms with van der Waals surface area (Å²) in [7, 11) is 0. The van der Waals surface area contributed by atoms with Crippen LogP contribution < -0.4 is 5.43 Å². The van der Waals surface area contributed by atoms with Crippen molar-refractivity contribution in [3.8, 4) is 5.69 Å². The maximum atomic E-state index is 11.7. The van der Waals surface area contributed by atoms with Gasteiger partial charge in [0.1, 0.15) is 0 Å². The summed E-state index contributed by atoms with van der Waals surface area (Å²) in [5.41, 5.74) is 9.59. The monoisotopic (exact) mass is 325 g/mol. The minimum absolute atomic E-state index is 0.0511. The number of amides is 1. The van der Waals surface area contributed by atoms with Gasteiger partial charge < -0.3 is 4.57 Å². The molecule has 24 heavy (non-hydrogen) atoms. The molecule has 0 aliphatic carbocycles. The first-order valence-corrected chi connectivity index (χ1v) is 8.38. The molecule has 1 N–H and O–H groups in total. The fourth-order valence-corrected chi connectivity index (χ4v) is 3.01. The van der Waals surface area contributed by atoms with E-state index in [9.17, 15) is 4.79 Å². The van der Waals surface area contributed by atoms with Gasteiger partial charge in [0.2, 0.25) is 5.91 Å². The van der Waals surface area contributed by atoms with Crippen LogP contribution in [0, 0.1) is 33.6 Å². The van der Waals surface area contributed by atoms with Crippen molar-refractivity contribution in [2.75, 3.05) is 0 Å². The number of nitrogens with one attached hydrogen (secondary N) is 1. The Labute approximate surface area is 144 Å². The molecule has 1 heterocycles. The van der Waals surface area contributed by atoms with E-state index >= 15 is 0 Å². The van der Waals surface area contributed by atoms with E-state index in [4.69, 9.17) is 0 Å². The van der Waals surface area contributed by atoms with Crippen LogP contribution in [0.25, 0.3) is 5.69 Å². The molecule has 0 fully saturated rings. The largest absolute Gasteiger partial charge is 0.317 e. The fraction of sp³-hybridized carbons (Fsp3) is 0.400. The van der Waals surface area contributed by atoms with Gasteiger partial charge in [0.25, 0.3) is 0 Å². The van der Waals surface area contributed by atoms with Gasteiger partial charge in [-0.15, -0.1) is 0 Å². The van der Waals surface area contributed by atoms with Gasteiger partial charge in [0, 0.05) is 23.4 Å². The first-order valence-electron chi connectivity index (χ1n) is 8.38. The second kappa shape index (κ2) is 7.47. The quantitative estimate of drug-likeness (QED) is 0.650. The topological polar surface area (TPSA) is 46.4 Å². The lowest BCUT2D eigenvalue weighted by Crippen LogP contribution is -2.19. The average molecular weight is 325 g/mol. The number of para-hydroxylation sites is 1. The molecular formula is C20H27N3O. The minimum atomic E-state index is -0.0511. The number of hydrazone groups is 1. The zero-order chi connectivity index (χ0) is 17.9. The number of rotatable bonds is 5. The van der Waals surface area contributed by atoms with Crippen molar-refractivity contribution in [3.63, 3.8) is 0 Å². The molecular weight excluding hydrogens is 298 g/mol. The average Bonchev–Trinajstić information content (AvgIpc) is 2.74. The van der Waals surface area contributed by atoms with E-state index in [2.05, 4.69) is 67.1 Å². The Hall–Kier alpha value is -2.36. The number of aromatic nitrogens is 1. The summed E-state index contributed by atoms with van der Waals surface area (Å²) in [6.45, 7) is 12.5. The highest BCUT2D eigenvalue weighted by Gasteiger charge is 2.13. The van der Waals surface area contributed by atoms with Gasteiger partial charge in [-0.3, -0.25) is 4.79 Å². The highest BCUT2D eigenvalue weighted by molar-refractivity contribution is 5.84. The predicted octanol–water partition coefficient (Wildman–Crippen LogP) is 4.21. The molecule has 0 spiro atoms. The molecule has 0 saturated carbocycles. The standard InChI is InChI=1S/C20H27N3O/c1-13(2)10-19(24)22-21-12-18-11-16(5)23(17(18)6)20-14(3)8-7-9-15(20)4/h7-9,11-13H,10H2,1-6H3,(H,22,24). The molecule has 0 radical (unpaired) electrons. The molecule has 1 amide bonds. The second-order valence-corrected chi connectivity index (χ2v) is 6.79. The maximum Gasteiger partial charge on any atom is 0.240 e. The van der Waals surface area contributed by atoms with E-state index in [0.717, 1.165) is 17.0 Å². The van der Waals surface area contributed by atoms with Gasteiger partial charge in [0.15, 0.2) is 0 Å². The van der Waals surface area contributed by atoms with Crippen LogP contribution in [0.4, 0.5) is 0 Å². The van der Waals surface area contributed by atoms with Crippen molar-refractivity contribution in [2.24, 2.45) is 11.0 Å². The Kier molecular flexibility index (Phi) is 5.60. The van der Waals surface area contributed by atoms with E-state index < -0.39 is 0 Å². The van der Waals surface area contributed by atoms with Gasteiger partial charge in [-0.2, -0.15) is 5.10 Å². The lowest BCUT2D eigenvalue weighted by Gasteiger charge is -2.15. The number of nitrogens with zero attached hydrogens (tertiary/aromatic N) is 2. The smallest absolute Gasteiger partial charge is 0.240 e. The van der Waals surface area contributed by atoms with Crippen LogP contribution in [0.3, 0.4) is 0 Å². The molecule has 4 nitrogen and oxygen atoms in total. The van der Waals surface area contributed by atoms with Crippen molar-refractivity contribution in [2.45, 2.75) is 48.0 Å². The number of carbonyl (C=O) groups is 1. The highest BCUT2D eigenvalue weighted by atomic mass is 16.2. The summed E-state index contributed by atoms with van der Waals surface area (Å²) in [5, 5.41) is 4.11. The van der Waals surface area contributed by atoms with Crippen LogP contribution in [0.15, 0.2) is 29.4 Å². The lowest BCUT2D eigenvalue weighted by atomic mass is 10.1. The zero-order valence-electron chi connectivity index (χ0n) is 15.5. The predicted molar refractivity (Wildman–Crippen MR) is 99.9 cm³/mol. The van der Waals surface area contributed by atoms with Crippen molar-refractivity contribution in [3.05, 3.63) is 52.3 Å². The van der Waals surface area contributed by atoms with Crippen molar-refractivity contribution in [1.29, 1.82) is 0 Å². The Bertz CT molecular complexity index is 749. The fourth-order valence-electron chi connectivity index (χ4n) is 3.01. The third-order valence-corrected chi connectivity index (χ3v) is 4.12. The van der Waals surface area contributed by atoms with Crippen LogP contribution in [0.5, 0.6) is 0 Å². The van der Waals surface area contributed by atoms with E-state index in [1.807, 2.05) is 13.8 Å². The van der Waals surface area contributed by atoms with Crippen LogP contribution in [0.2, 0.25) is 0 Å². The normalized spacial score (nSPS) is 11.5. The molecule has 0 atom stereocenters. The SMILES string of the molecule is Cc1cccc(C)c1-n1c(C)cc(C=NNC(=O)CC(C)C)c1C. The molecule has 128 valence electrons. The van der Waals surface area contributed by atoms with Crippen molar-refractivity contribution < 1.29 is 4.79 Å². The van der Waals surface area contributed by atoms with Crippen LogP contribution in [0.1, 0.15) is 48.3 Å². The summed E-state index contributed by atoms with van der Waals surface area (Å²) in [4.78, 5) is 11.7. The van der Waals surface area contributed by atoms with Crippen molar-refractivity contribution >= 4 is 12.1 Å². The van der Waals surface area contributed by atoms with E-state index in [1.54, 1.807) is 6.21 Å². The maximum absolute atomic E-state index is 11.7. The first-order chi connectivity index (χ1) is 11.3. The highest BCUT2D eigenvalue weighted by Crippen LogP contribution is 2.25. The summed E-state index contributed by atoms with van der Waals surface area (Å²) in [6, 6.07) is 8.43. The summed E-state index contributed by atoms with van der Waals surface area (Å²) in [5.74, 6) is 0.277. The third-order valence-electron chi connectivity index (χ3n) is 4.12. The molecule has 1 aromatic heterocycles. The van der Waals surface area contributed by atoms with E-state index in [-0.39, 0.29) is 5.91 Å². The first kappa shape index (κ1) is 18.0. The summed E-state index contributed by atoms with van der Waals surface area (Å²) >= 11 is 0. The van der Waals surface area contributed by atoms with Gasteiger partial charge in [0.05, 0.1) is 11.9 Å². The molecule has 0 unspecified atom stereocenters. The zero-order valence-corrected chi connectivity index (χ0v) is 15.5. The number of carbonyl (C=O) groups excluding carboxylic acids is 1. The molecule has 2 aromatic rings. The molecule has 0 aliphatic rings. The molecule has 2 rings (SSSR count). The van der Waals surface area contributed by atoms with Gasteiger partial charge in [-0.1, -0.05) is 32.0 Å². The van der Waals surface area contributed by atoms with Gasteiger partial charge >= 0.3 is 0 Å². The van der Waals surface area contributed by atoms with Crippen LogP contribution in [-0.4, -0.2) is 16.7 Å². The molecule has 0 saturated heterocycles. The Morgan fingerprint density at radius 1 is 1.21 bits per heavy atom. The Morgan fingerprint density at radius 3 is 2.42 bits per heavy atom. The molecule has 0 aliphatic heterocycles. The molecule has 1 aromatic carbocycles. The van der Waals surface area contributed by atoms with Crippen LogP contribution in [-0.2, 0) is 4.79 Å². The third kappa shape index (κ3) is 3.94. The number of benzene rings is 1. The Morgan fingerprint density at radius 2 is 1.83 bits per heavy atom. The number of hydrogen-bond donors (Lipinski definition) is 1. The van der Waals surface area contributed by atoms with Gasteiger partial charge in [-0.05, 0) is 50.8 Å². The second-order valence-electron chi connectivity index (χ2n) is 6.79. The van der Waals surface area contributed by atoms with Crippen molar-refractivity contribution in [1.82, 2.24) is 9.99 Å². The molecule has 0 bridgehead atoms. The van der Waals surface area contributed by atoms with E-state index in [0.29, 0.717) is 12.3 Å². The van der Waals surface area contributed by atoms with Crippen LogP contribution >= 0.6 is 0 Å². The molecule has 4 heteroatoms. The van der Waals surface area contributed by atoms with E-state index in [1.165, 1.54) is 16.8 Å². The summed E-state index contributed by atoms with van der Waals surface area (Å²) < 4.78 is 2.25. The van der Waals surface area contributed by atoms with Gasteiger partial charge in [-0.25, -0.2) is 5.43 Å². The number of hydrogen-bond acceptors (Lipinski definition) is 2. The number of aryl methyl sites for hydroxylation is 3.